The number of nitrogens with one attached hydrogen (secondary N) is 1. The Hall–Kier alpha value is -4.20. The molecule has 0 radical (unpaired) electrons. The minimum atomic E-state index is -0.722. The molecule has 1 aliphatic carbocycles. The Morgan fingerprint density at radius 1 is 1.15 bits per heavy atom. The molecule has 4 aromatic rings. The van der Waals surface area contributed by atoms with Crippen LogP contribution in [0, 0.1) is 17.6 Å². The van der Waals surface area contributed by atoms with Crippen molar-refractivity contribution in [2.24, 2.45) is 11.7 Å². The number of pyridine rings is 1. The van der Waals surface area contributed by atoms with E-state index in [1.165, 1.54) is 23.8 Å². The van der Waals surface area contributed by atoms with Gasteiger partial charge in [0.2, 0.25) is 5.95 Å². The third kappa shape index (κ3) is 6.53. The standard InChI is InChI=1S/C33H39F2N7O4/c1-19-12-21(15-27(36)31(19)41(2)33(43)44-3)24-6-9-37-17-29(24)39-32-38-16-22-4-5-28(40-42(22)32)30-25(34)13-20(14-26(30)35)18-46-23-7-10-45-11-8-23/h4-6,9,13-14,16-17,19,21,23,27,31H,7-8,10-12,15,18,36H2,1-3H3,(H,38,39). The molecule has 13 heteroatoms. The largest absolute Gasteiger partial charge is 0.453 e. The van der Waals surface area contributed by atoms with Gasteiger partial charge in [-0.15, -0.1) is 0 Å². The van der Waals surface area contributed by atoms with Crippen LogP contribution in [0.4, 0.5) is 25.2 Å². The second-order valence-electron chi connectivity index (χ2n) is 12.2. The van der Waals surface area contributed by atoms with Crippen LogP contribution in [0.2, 0.25) is 0 Å². The molecule has 3 N–H and O–H groups in total. The normalized spacial score (nSPS) is 22.1. The molecule has 0 spiro atoms. The van der Waals surface area contributed by atoms with Crippen molar-refractivity contribution < 1.29 is 27.8 Å². The van der Waals surface area contributed by atoms with E-state index in [4.69, 9.17) is 19.9 Å². The molecule has 4 atom stereocenters. The minimum absolute atomic E-state index is 0.0135. The van der Waals surface area contributed by atoms with Gasteiger partial charge in [0.15, 0.2) is 0 Å². The molecule has 11 nitrogen and oxygen atoms in total. The molecule has 4 heterocycles. The average molecular weight is 636 g/mol. The first kappa shape index (κ1) is 31.8. The van der Waals surface area contributed by atoms with Gasteiger partial charge < -0.3 is 30.2 Å². The molecule has 0 bridgehead atoms. The highest BCUT2D eigenvalue weighted by atomic mass is 19.1. The molecule has 46 heavy (non-hydrogen) atoms. The number of ether oxygens (including phenoxy) is 3. The first-order chi connectivity index (χ1) is 22.2. The SMILES string of the molecule is COC(=O)N(C)C1C(C)CC(c2ccncc2Nc2ncc3ccc(-c4c(F)cc(COC5CCOCC5)cc4F)nn23)CC1N. The smallest absolute Gasteiger partial charge is 0.409 e. The van der Waals surface area contributed by atoms with E-state index in [0.717, 1.165) is 30.5 Å². The number of imidazole rings is 1. The molecule has 2 aliphatic rings. The van der Waals surface area contributed by atoms with Crippen molar-refractivity contribution >= 4 is 23.2 Å². The summed E-state index contributed by atoms with van der Waals surface area (Å²) in [5.41, 5.74) is 9.30. The van der Waals surface area contributed by atoms with Crippen molar-refractivity contribution in [3.63, 3.8) is 0 Å². The highest BCUT2D eigenvalue weighted by Crippen LogP contribution is 2.40. The number of amides is 1. The Bertz CT molecular complexity index is 1660. The van der Waals surface area contributed by atoms with Crippen LogP contribution >= 0.6 is 0 Å². The third-order valence-electron chi connectivity index (χ3n) is 9.08. The number of carbonyl (C=O) groups is 1. The predicted octanol–water partition coefficient (Wildman–Crippen LogP) is 5.42. The van der Waals surface area contributed by atoms with E-state index in [9.17, 15) is 4.79 Å². The summed E-state index contributed by atoms with van der Waals surface area (Å²) in [6, 6.07) is 7.40. The Morgan fingerprint density at radius 3 is 2.63 bits per heavy atom. The summed E-state index contributed by atoms with van der Waals surface area (Å²) in [4.78, 5) is 22.6. The van der Waals surface area contributed by atoms with Crippen LogP contribution < -0.4 is 11.1 Å². The predicted molar refractivity (Wildman–Crippen MR) is 168 cm³/mol. The number of halogens is 2. The highest BCUT2D eigenvalue weighted by Gasteiger charge is 2.39. The van der Waals surface area contributed by atoms with Crippen LogP contribution in [-0.4, -0.2) is 76.1 Å². The number of benzene rings is 1. The number of aromatic nitrogens is 4. The van der Waals surface area contributed by atoms with Crippen LogP contribution in [0.3, 0.4) is 0 Å². The summed E-state index contributed by atoms with van der Waals surface area (Å²) in [5.74, 6) is -0.879. The molecule has 3 aromatic heterocycles. The summed E-state index contributed by atoms with van der Waals surface area (Å²) in [7, 11) is 3.08. The first-order valence-electron chi connectivity index (χ1n) is 15.5. The quantitative estimate of drug-likeness (QED) is 0.261. The maximum atomic E-state index is 15.4. The lowest BCUT2D eigenvalue weighted by molar-refractivity contribution is -0.0391. The first-order valence-corrected chi connectivity index (χ1v) is 15.5. The maximum Gasteiger partial charge on any atom is 0.409 e. The fourth-order valence-corrected chi connectivity index (χ4v) is 6.86. The summed E-state index contributed by atoms with van der Waals surface area (Å²) in [6.07, 6.45) is 7.63. The molecule has 4 unspecified atom stereocenters. The Kier molecular flexibility index (Phi) is 9.43. The van der Waals surface area contributed by atoms with Gasteiger partial charge in [-0.3, -0.25) is 4.98 Å². The number of nitrogens with two attached hydrogens (primary N) is 1. The van der Waals surface area contributed by atoms with Crippen molar-refractivity contribution in [1.29, 1.82) is 0 Å². The van der Waals surface area contributed by atoms with Crippen molar-refractivity contribution in [3.8, 4) is 11.3 Å². The second kappa shape index (κ2) is 13.7. The van der Waals surface area contributed by atoms with Crippen molar-refractivity contribution in [2.75, 3.05) is 32.7 Å². The van der Waals surface area contributed by atoms with Gasteiger partial charge in [0.05, 0.1) is 60.7 Å². The van der Waals surface area contributed by atoms with Crippen LogP contribution in [0.1, 0.15) is 49.7 Å². The number of likely N-dealkylation sites (N-methyl/N-ethyl adjacent to an activating group) is 1. The summed E-state index contributed by atoms with van der Waals surface area (Å²) >= 11 is 0. The summed E-state index contributed by atoms with van der Waals surface area (Å²) in [6.45, 7) is 3.44. The monoisotopic (exact) mass is 635 g/mol. The molecule has 2 fully saturated rings. The van der Waals surface area contributed by atoms with Crippen molar-refractivity contribution in [2.45, 2.75) is 63.3 Å². The van der Waals surface area contributed by atoms with Gasteiger partial charge in [0.1, 0.15) is 11.6 Å². The van der Waals surface area contributed by atoms with Gasteiger partial charge >= 0.3 is 6.09 Å². The number of rotatable bonds is 8. The van der Waals surface area contributed by atoms with Crippen LogP contribution in [0.5, 0.6) is 0 Å². The molecule has 1 saturated carbocycles. The topological polar surface area (TPSA) is 129 Å². The summed E-state index contributed by atoms with van der Waals surface area (Å²) in [5, 5.41) is 7.91. The van der Waals surface area contributed by atoms with Gasteiger partial charge in [0, 0.05) is 32.5 Å². The zero-order valence-corrected chi connectivity index (χ0v) is 26.2. The van der Waals surface area contributed by atoms with Gasteiger partial charge in [-0.2, -0.15) is 9.61 Å². The van der Waals surface area contributed by atoms with E-state index in [1.807, 2.05) is 6.07 Å². The number of anilines is 2. The lowest BCUT2D eigenvalue weighted by Crippen LogP contribution is -2.55. The van der Waals surface area contributed by atoms with Gasteiger partial charge in [-0.25, -0.2) is 18.6 Å². The van der Waals surface area contributed by atoms with Crippen LogP contribution in [-0.2, 0) is 20.8 Å². The fourth-order valence-electron chi connectivity index (χ4n) is 6.86. The zero-order valence-electron chi connectivity index (χ0n) is 26.2. The minimum Gasteiger partial charge on any atom is -0.453 e. The molecular weight excluding hydrogens is 596 g/mol. The molecule has 1 aliphatic heterocycles. The number of nitrogens with zero attached hydrogens (tertiary/aromatic N) is 5. The Balaban J connectivity index is 1.22. The van der Waals surface area contributed by atoms with Crippen LogP contribution in [0.15, 0.2) is 48.9 Å². The Morgan fingerprint density at radius 2 is 1.91 bits per heavy atom. The van der Waals surface area contributed by atoms with E-state index in [1.54, 1.807) is 42.7 Å². The van der Waals surface area contributed by atoms with Crippen LogP contribution in [0.25, 0.3) is 16.8 Å². The van der Waals surface area contributed by atoms with Gasteiger partial charge in [-0.05, 0) is 79.0 Å². The van der Waals surface area contributed by atoms with Gasteiger partial charge in [0.25, 0.3) is 0 Å². The molecule has 1 amide bonds. The van der Waals surface area contributed by atoms with E-state index >= 15 is 8.78 Å². The molecule has 1 saturated heterocycles. The third-order valence-corrected chi connectivity index (χ3v) is 9.08. The fraction of sp³-hybridized carbons (Fsp3) is 0.455. The molecular formula is C33H39F2N7O4. The number of fused-ring (bicyclic) bond motifs is 1. The molecule has 1 aromatic carbocycles. The summed E-state index contributed by atoms with van der Waals surface area (Å²) < 4.78 is 48.3. The zero-order chi connectivity index (χ0) is 32.4. The average Bonchev–Trinajstić information content (AvgIpc) is 3.45. The second-order valence-corrected chi connectivity index (χ2v) is 12.2. The van der Waals surface area contributed by atoms with Crippen molar-refractivity contribution in [3.05, 3.63) is 71.7 Å². The van der Waals surface area contributed by atoms with E-state index in [0.29, 0.717) is 36.7 Å². The maximum absolute atomic E-state index is 15.4. The highest BCUT2D eigenvalue weighted by molar-refractivity contribution is 5.68. The van der Waals surface area contributed by atoms with E-state index < -0.39 is 17.7 Å². The lowest BCUT2D eigenvalue weighted by atomic mass is 9.73. The Labute approximate surface area is 266 Å². The van der Waals surface area contributed by atoms with Crippen molar-refractivity contribution in [1.82, 2.24) is 24.5 Å². The molecule has 6 rings (SSSR count). The number of hydrogen-bond donors (Lipinski definition) is 2. The molecule has 244 valence electrons. The lowest BCUT2D eigenvalue weighted by Gasteiger charge is -2.43. The van der Waals surface area contributed by atoms with E-state index in [-0.39, 0.29) is 47.9 Å². The number of carbonyl (C=O) groups excluding carboxylic acids is 1. The van der Waals surface area contributed by atoms with Gasteiger partial charge in [-0.1, -0.05) is 6.92 Å². The van der Waals surface area contributed by atoms with E-state index in [2.05, 4.69) is 27.3 Å². The number of methoxy groups -OCH3 is 1. The number of hydrogen-bond acceptors (Lipinski definition) is 9.